The molecule has 0 radical (unpaired) electrons. The van der Waals surface area contributed by atoms with E-state index in [2.05, 4.69) is 0 Å². The summed E-state index contributed by atoms with van der Waals surface area (Å²) >= 11 is 12.0. The van der Waals surface area contributed by atoms with E-state index in [1.54, 1.807) is 18.2 Å². The summed E-state index contributed by atoms with van der Waals surface area (Å²) < 4.78 is 5.58. The van der Waals surface area contributed by atoms with Gasteiger partial charge in [-0.05, 0) is 36.6 Å². The van der Waals surface area contributed by atoms with Gasteiger partial charge in [-0.15, -0.1) is 0 Å². The van der Waals surface area contributed by atoms with Gasteiger partial charge in [-0.3, -0.25) is 0 Å². The van der Waals surface area contributed by atoms with E-state index in [4.69, 9.17) is 27.9 Å². The van der Waals surface area contributed by atoms with Crippen LogP contribution >= 0.6 is 23.2 Å². The van der Waals surface area contributed by atoms with Crippen molar-refractivity contribution in [2.75, 3.05) is 6.61 Å². The van der Waals surface area contributed by atoms with Crippen LogP contribution < -0.4 is 0 Å². The zero-order valence-corrected chi connectivity index (χ0v) is 12.5. The Labute approximate surface area is 119 Å². The molecular formula is C14H20Cl2O2. The molecule has 2 atom stereocenters. The van der Waals surface area contributed by atoms with Crippen molar-refractivity contribution < 1.29 is 9.84 Å². The lowest BCUT2D eigenvalue weighted by Gasteiger charge is -2.26. The van der Waals surface area contributed by atoms with Gasteiger partial charge in [-0.25, -0.2) is 0 Å². The monoisotopic (exact) mass is 290 g/mol. The fourth-order valence-corrected chi connectivity index (χ4v) is 2.37. The fraction of sp³-hybridized carbons (Fsp3) is 0.571. The lowest BCUT2D eigenvalue weighted by Crippen LogP contribution is -2.35. The van der Waals surface area contributed by atoms with E-state index in [1.165, 1.54) is 0 Å². The van der Waals surface area contributed by atoms with Gasteiger partial charge in [0.2, 0.25) is 0 Å². The molecule has 0 aliphatic heterocycles. The summed E-state index contributed by atoms with van der Waals surface area (Å²) in [5.74, 6) is 0.248. The third-order valence-electron chi connectivity index (χ3n) is 2.83. The van der Waals surface area contributed by atoms with E-state index < -0.39 is 6.10 Å². The minimum absolute atomic E-state index is 0.190. The van der Waals surface area contributed by atoms with Crippen LogP contribution in [0.5, 0.6) is 0 Å². The van der Waals surface area contributed by atoms with Gasteiger partial charge in [-0.2, -0.15) is 0 Å². The molecule has 0 fully saturated rings. The molecule has 0 heterocycles. The number of ether oxygens (including phenoxy) is 1. The minimum Gasteiger partial charge on any atom is -0.390 e. The summed E-state index contributed by atoms with van der Waals surface area (Å²) in [5.41, 5.74) is 0.849. The van der Waals surface area contributed by atoms with Crippen LogP contribution in [0, 0.1) is 5.92 Å². The molecule has 18 heavy (non-hydrogen) atoms. The molecule has 4 heteroatoms. The van der Waals surface area contributed by atoms with Crippen molar-refractivity contribution in [3.05, 3.63) is 33.8 Å². The molecule has 0 saturated carbocycles. The average Bonchev–Trinajstić information content (AvgIpc) is 2.30. The Morgan fingerprint density at radius 2 is 1.94 bits per heavy atom. The molecule has 102 valence electrons. The highest BCUT2D eigenvalue weighted by molar-refractivity contribution is 6.33. The second-order valence-electron chi connectivity index (χ2n) is 4.67. The van der Waals surface area contributed by atoms with E-state index in [0.717, 1.165) is 5.56 Å². The Bertz CT molecular complexity index is 380. The van der Waals surface area contributed by atoms with Crippen molar-refractivity contribution in [1.82, 2.24) is 0 Å². The molecule has 0 aliphatic carbocycles. The third-order valence-corrected chi connectivity index (χ3v) is 3.44. The first-order valence-corrected chi connectivity index (χ1v) is 6.94. The topological polar surface area (TPSA) is 29.5 Å². The zero-order valence-electron chi connectivity index (χ0n) is 11.0. The van der Waals surface area contributed by atoms with Crippen molar-refractivity contribution in [3.8, 4) is 0 Å². The second-order valence-corrected chi connectivity index (χ2v) is 5.51. The first kappa shape index (κ1) is 15.8. The summed E-state index contributed by atoms with van der Waals surface area (Å²) in [6, 6.07) is 5.27. The SMILES string of the molecule is CCOC(C(C)C)C(O)Cc1cc(Cl)ccc1Cl. The standard InChI is InChI=1S/C14H20Cl2O2/c1-4-18-14(9(2)3)13(17)8-10-7-11(15)5-6-12(10)16/h5-7,9,13-14,17H,4,8H2,1-3H3. The molecule has 1 rings (SSSR count). The maximum absolute atomic E-state index is 10.3. The van der Waals surface area contributed by atoms with Gasteiger partial charge in [0.15, 0.2) is 0 Å². The molecule has 1 aromatic carbocycles. The van der Waals surface area contributed by atoms with Crippen molar-refractivity contribution in [2.45, 2.75) is 39.4 Å². The highest BCUT2D eigenvalue weighted by atomic mass is 35.5. The van der Waals surface area contributed by atoms with Gasteiger partial charge in [0.05, 0.1) is 12.2 Å². The molecule has 2 unspecified atom stereocenters. The lowest BCUT2D eigenvalue weighted by atomic mass is 9.96. The van der Waals surface area contributed by atoms with Crippen molar-refractivity contribution >= 4 is 23.2 Å². The number of aliphatic hydroxyl groups excluding tert-OH is 1. The maximum atomic E-state index is 10.3. The Morgan fingerprint density at radius 1 is 1.28 bits per heavy atom. The summed E-state index contributed by atoms with van der Waals surface area (Å²) in [7, 11) is 0. The Kier molecular flexibility index (Phi) is 6.44. The summed E-state index contributed by atoms with van der Waals surface area (Å²) in [4.78, 5) is 0. The lowest BCUT2D eigenvalue weighted by molar-refractivity contribution is -0.0562. The van der Waals surface area contributed by atoms with E-state index >= 15 is 0 Å². The van der Waals surface area contributed by atoms with E-state index in [-0.39, 0.29) is 12.0 Å². The van der Waals surface area contributed by atoms with Gasteiger partial charge >= 0.3 is 0 Å². The predicted octanol–water partition coefficient (Wildman–Crippen LogP) is 3.96. The van der Waals surface area contributed by atoms with E-state index in [0.29, 0.717) is 23.1 Å². The van der Waals surface area contributed by atoms with Gasteiger partial charge in [0.25, 0.3) is 0 Å². The first-order chi connectivity index (χ1) is 8.45. The van der Waals surface area contributed by atoms with E-state index in [1.807, 2.05) is 20.8 Å². The Morgan fingerprint density at radius 3 is 2.50 bits per heavy atom. The van der Waals surface area contributed by atoms with Crippen LogP contribution in [0.3, 0.4) is 0 Å². The Balaban J connectivity index is 2.78. The first-order valence-electron chi connectivity index (χ1n) is 6.19. The molecule has 2 nitrogen and oxygen atoms in total. The zero-order chi connectivity index (χ0) is 13.7. The van der Waals surface area contributed by atoms with E-state index in [9.17, 15) is 5.11 Å². The number of hydrogen-bond donors (Lipinski definition) is 1. The quantitative estimate of drug-likeness (QED) is 0.859. The predicted molar refractivity (Wildman–Crippen MR) is 76.4 cm³/mol. The van der Waals surface area contributed by atoms with Crippen LogP contribution in [-0.2, 0) is 11.2 Å². The molecule has 1 aromatic rings. The minimum atomic E-state index is -0.582. The smallest absolute Gasteiger partial charge is 0.0859 e. The molecule has 1 N–H and O–H groups in total. The van der Waals surface area contributed by atoms with Crippen molar-refractivity contribution in [2.24, 2.45) is 5.92 Å². The molecule has 0 amide bonds. The molecule has 0 bridgehead atoms. The molecule has 0 aliphatic rings. The number of hydrogen-bond acceptors (Lipinski definition) is 2. The van der Waals surface area contributed by atoms with Crippen molar-refractivity contribution in [1.29, 1.82) is 0 Å². The number of halogens is 2. The summed E-state index contributed by atoms with van der Waals surface area (Å²) in [6.07, 6.45) is -0.326. The highest BCUT2D eigenvalue weighted by Gasteiger charge is 2.24. The average molecular weight is 291 g/mol. The molecule has 0 spiro atoms. The summed E-state index contributed by atoms with van der Waals surface area (Å²) in [5, 5.41) is 11.5. The number of rotatable bonds is 6. The normalized spacial score (nSPS) is 14.8. The van der Waals surface area contributed by atoms with Crippen molar-refractivity contribution in [3.63, 3.8) is 0 Å². The van der Waals surface area contributed by atoms with Gasteiger partial charge in [0, 0.05) is 23.1 Å². The van der Waals surface area contributed by atoms with Gasteiger partial charge < -0.3 is 9.84 Å². The maximum Gasteiger partial charge on any atom is 0.0859 e. The van der Waals surface area contributed by atoms with Crippen LogP contribution in [0.2, 0.25) is 10.0 Å². The van der Waals surface area contributed by atoms with Crippen LogP contribution in [0.1, 0.15) is 26.3 Å². The summed E-state index contributed by atoms with van der Waals surface area (Å²) in [6.45, 7) is 6.57. The van der Waals surface area contributed by atoms with Gasteiger partial charge in [0.1, 0.15) is 0 Å². The molecule has 0 saturated heterocycles. The third kappa shape index (κ3) is 4.43. The molecular weight excluding hydrogens is 271 g/mol. The van der Waals surface area contributed by atoms with Crippen LogP contribution in [0.4, 0.5) is 0 Å². The van der Waals surface area contributed by atoms with Gasteiger partial charge in [-0.1, -0.05) is 37.0 Å². The Hall–Kier alpha value is -0.280. The number of aliphatic hydroxyl groups is 1. The molecule has 0 aromatic heterocycles. The second kappa shape index (κ2) is 7.34. The van der Waals surface area contributed by atoms with Crippen LogP contribution in [0.15, 0.2) is 18.2 Å². The van der Waals surface area contributed by atoms with Crippen LogP contribution in [0.25, 0.3) is 0 Å². The number of benzene rings is 1. The fourth-order valence-electron chi connectivity index (χ4n) is 1.98. The van der Waals surface area contributed by atoms with Crippen LogP contribution in [-0.4, -0.2) is 23.9 Å². The largest absolute Gasteiger partial charge is 0.390 e. The highest BCUT2D eigenvalue weighted by Crippen LogP contribution is 2.24.